The maximum absolute atomic E-state index is 11.9. The van der Waals surface area contributed by atoms with Gasteiger partial charge < -0.3 is 20.1 Å². The third-order valence-corrected chi connectivity index (χ3v) is 3.22. The molecule has 104 valence electrons. The Morgan fingerprint density at radius 1 is 1.42 bits per heavy atom. The third kappa shape index (κ3) is 2.76. The van der Waals surface area contributed by atoms with Crippen molar-refractivity contribution < 1.29 is 24.3 Å². The van der Waals surface area contributed by atoms with E-state index >= 15 is 0 Å². The average molecular weight is 268 g/mol. The first-order chi connectivity index (χ1) is 8.92. The number of rotatable bonds is 4. The number of aliphatic hydroxyl groups is 1. The van der Waals surface area contributed by atoms with Gasteiger partial charge in [0.25, 0.3) is 5.91 Å². The molecule has 0 saturated heterocycles. The zero-order chi connectivity index (χ0) is 14.0. The Morgan fingerprint density at radius 3 is 2.79 bits per heavy atom. The number of carboxylic acid groups (broad SMARTS) is 1. The lowest BCUT2D eigenvalue weighted by Crippen LogP contribution is -2.46. The minimum atomic E-state index is -2.00. The number of hydrogen-bond donors (Lipinski definition) is 3. The quantitative estimate of drug-likeness (QED) is 0.715. The summed E-state index contributed by atoms with van der Waals surface area (Å²) in [5.41, 5.74) is -1.02. The van der Waals surface area contributed by atoms with E-state index in [1.54, 1.807) is 0 Å². The molecule has 1 amide bonds. The lowest BCUT2D eigenvalue weighted by atomic mass is 9.96. The van der Waals surface area contributed by atoms with Crippen LogP contribution < -0.4 is 5.32 Å². The van der Waals surface area contributed by atoms with Crippen LogP contribution in [0.3, 0.4) is 0 Å². The van der Waals surface area contributed by atoms with Gasteiger partial charge in [-0.05, 0) is 26.2 Å². The summed E-state index contributed by atoms with van der Waals surface area (Å²) < 4.78 is 5.10. The molecule has 1 aliphatic rings. The molecule has 19 heavy (non-hydrogen) atoms. The number of aliphatic carboxylic acids is 1. The topological polar surface area (TPSA) is 113 Å². The molecule has 0 saturated carbocycles. The maximum atomic E-state index is 11.9. The maximum Gasteiger partial charge on any atom is 0.337 e. The van der Waals surface area contributed by atoms with Crippen LogP contribution in [0.15, 0.2) is 4.52 Å². The highest BCUT2D eigenvalue weighted by molar-refractivity contribution is 5.94. The van der Waals surface area contributed by atoms with E-state index in [9.17, 15) is 14.7 Å². The molecule has 1 atom stereocenters. The van der Waals surface area contributed by atoms with Gasteiger partial charge in [0.05, 0.1) is 6.54 Å². The van der Waals surface area contributed by atoms with Gasteiger partial charge in [-0.25, -0.2) is 4.79 Å². The van der Waals surface area contributed by atoms with E-state index in [1.165, 1.54) is 0 Å². The van der Waals surface area contributed by atoms with Crippen molar-refractivity contribution in [3.63, 3.8) is 0 Å². The molecule has 1 unspecified atom stereocenters. The van der Waals surface area contributed by atoms with Crippen LogP contribution in [0, 0.1) is 0 Å². The second-order valence-corrected chi connectivity index (χ2v) is 4.90. The van der Waals surface area contributed by atoms with E-state index in [4.69, 9.17) is 9.63 Å². The summed E-state index contributed by atoms with van der Waals surface area (Å²) in [5.74, 6) is -1.19. The number of carbonyl (C=O) groups is 2. The molecule has 7 heteroatoms. The van der Waals surface area contributed by atoms with E-state index in [-0.39, 0.29) is 12.2 Å². The zero-order valence-corrected chi connectivity index (χ0v) is 10.6. The second kappa shape index (κ2) is 5.00. The number of hydrogen-bond acceptors (Lipinski definition) is 5. The van der Waals surface area contributed by atoms with Gasteiger partial charge >= 0.3 is 5.97 Å². The molecule has 0 aliphatic heterocycles. The van der Waals surface area contributed by atoms with Crippen LogP contribution in [0.4, 0.5) is 0 Å². The van der Waals surface area contributed by atoms with Crippen LogP contribution in [-0.4, -0.2) is 39.4 Å². The molecule has 0 aromatic carbocycles. The Labute approximate surface area is 109 Å². The van der Waals surface area contributed by atoms with Gasteiger partial charge in [-0.2, -0.15) is 0 Å². The largest absolute Gasteiger partial charge is 0.479 e. The number of carbonyl (C=O) groups excluding carboxylic acids is 1. The zero-order valence-electron chi connectivity index (χ0n) is 10.6. The number of aromatic nitrogens is 1. The number of nitrogens with one attached hydrogen (secondary N) is 1. The van der Waals surface area contributed by atoms with Crippen LogP contribution in [0.1, 0.15) is 41.6 Å². The standard InChI is InChI=1S/C12H16N2O5/c1-12(18,11(16)17)6-13-10(15)9-7-4-2-3-5-8(7)19-14-9/h18H,2-6H2,1H3,(H,13,15)(H,16,17). The SMILES string of the molecule is CC(O)(CNC(=O)c1noc2c1CCCC2)C(=O)O. The second-order valence-electron chi connectivity index (χ2n) is 4.90. The highest BCUT2D eigenvalue weighted by atomic mass is 16.5. The number of amides is 1. The van der Waals surface area contributed by atoms with Crippen molar-refractivity contribution in [2.24, 2.45) is 0 Å². The molecule has 1 aliphatic carbocycles. The summed E-state index contributed by atoms with van der Waals surface area (Å²) in [7, 11) is 0. The van der Waals surface area contributed by atoms with Crippen molar-refractivity contribution >= 4 is 11.9 Å². The van der Waals surface area contributed by atoms with Crippen molar-refractivity contribution in [2.75, 3.05) is 6.54 Å². The third-order valence-electron chi connectivity index (χ3n) is 3.22. The lowest BCUT2D eigenvalue weighted by Gasteiger charge is -2.18. The van der Waals surface area contributed by atoms with E-state index in [1.807, 2.05) is 0 Å². The van der Waals surface area contributed by atoms with Crippen LogP contribution in [0.5, 0.6) is 0 Å². The molecule has 0 bridgehead atoms. The predicted octanol–water partition coefficient (Wildman–Crippen LogP) is 0.119. The first kappa shape index (κ1) is 13.5. The molecule has 0 fully saturated rings. The monoisotopic (exact) mass is 268 g/mol. The normalized spacial score (nSPS) is 17.4. The molecule has 7 nitrogen and oxygen atoms in total. The minimum absolute atomic E-state index is 0.191. The van der Waals surface area contributed by atoms with Gasteiger partial charge in [-0.15, -0.1) is 0 Å². The van der Waals surface area contributed by atoms with Crippen molar-refractivity contribution in [1.29, 1.82) is 0 Å². The summed E-state index contributed by atoms with van der Waals surface area (Å²) in [6.45, 7) is 0.733. The van der Waals surface area contributed by atoms with Crippen LogP contribution in [0.2, 0.25) is 0 Å². The molecular formula is C12H16N2O5. The Morgan fingerprint density at radius 2 is 2.11 bits per heavy atom. The van der Waals surface area contributed by atoms with Crippen LogP contribution >= 0.6 is 0 Å². The fourth-order valence-electron chi connectivity index (χ4n) is 1.97. The first-order valence-electron chi connectivity index (χ1n) is 6.13. The van der Waals surface area contributed by atoms with Crippen molar-refractivity contribution in [3.8, 4) is 0 Å². The molecule has 0 spiro atoms. The van der Waals surface area contributed by atoms with Gasteiger partial charge in [0.2, 0.25) is 0 Å². The highest BCUT2D eigenvalue weighted by Gasteiger charge is 2.31. The summed E-state index contributed by atoms with van der Waals surface area (Å²) >= 11 is 0. The summed E-state index contributed by atoms with van der Waals surface area (Å²) in [5, 5.41) is 24.4. The number of carboxylic acids is 1. The van der Waals surface area contributed by atoms with Gasteiger partial charge in [-0.1, -0.05) is 5.16 Å². The van der Waals surface area contributed by atoms with E-state index in [2.05, 4.69) is 10.5 Å². The first-order valence-corrected chi connectivity index (χ1v) is 6.13. The Bertz CT molecular complexity index is 506. The number of fused-ring (bicyclic) bond motifs is 1. The van der Waals surface area contributed by atoms with Gasteiger partial charge in [0.15, 0.2) is 11.3 Å². The lowest BCUT2D eigenvalue weighted by molar-refractivity contribution is -0.155. The Hall–Kier alpha value is -1.89. The minimum Gasteiger partial charge on any atom is -0.479 e. The molecule has 1 heterocycles. The van der Waals surface area contributed by atoms with E-state index in [0.29, 0.717) is 0 Å². The average Bonchev–Trinajstić information content (AvgIpc) is 2.79. The van der Waals surface area contributed by atoms with Gasteiger partial charge in [0.1, 0.15) is 5.76 Å². The summed E-state index contributed by atoms with van der Waals surface area (Å²) in [6, 6.07) is 0. The van der Waals surface area contributed by atoms with Crippen LogP contribution in [-0.2, 0) is 17.6 Å². The fraction of sp³-hybridized carbons (Fsp3) is 0.583. The smallest absolute Gasteiger partial charge is 0.337 e. The molecule has 1 aromatic rings. The molecular weight excluding hydrogens is 252 g/mol. The summed E-state index contributed by atoms with van der Waals surface area (Å²) in [4.78, 5) is 22.6. The molecule has 0 radical (unpaired) electrons. The molecule has 1 aromatic heterocycles. The van der Waals surface area contributed by atoms with E-state index in [0.717, 1.165) is 43.9 Å². The van der Waals surface area contributed by atoms with Crippen molar-refractivity contribution in [3.05, 3.63) is 17.0 Å². The van der Waals surface area contributed by atoms with Crippen molar-refractivity contribution in [1.82, 2.24) is 10.5 Å². The van der Waals surface area contributed by atoms with Crippen LogP contribution in [0.25, 0.3) is 0 Å². The highest BCUT2D eigenvalue weighted by Crippen LogP contribution is 2.24. The predicted molar refractivity (Wildman–Crippen MR) is 63.7 cm³/mol. The van der Waals surface area contributed by atoms with Gasteiger partial charge in [0, 0.05) is 12.0 Å². The number of nitrogens with zero attached hydrogens (tertiary/aromatic N) is 1. The molecule has 3 N–H and O–H groups in total. The fourth-order valence-corrected chi connectivity index (χ4v) is 1.97. The van der Waals surface area contributed by atoms with E-state index < -0.39 is 17.5 Å². The van der Waals surface area contributed by atoms with Gasteiger partial charge in [-0.3, -0.25) is 4.79 Å². The van der Waals surface area contributed by atoms with Crippen molar-refractivity contribution in [2.45, 2.75) is 38.2 Å². The Balaban J connectivity index is 2.05. The Kier molecular flexibility index (Phi) is 3.57. The number of aryl methyl sites for hydroxylation is 1. The molecule has 2 rings (SSSR count). The summed E-state index contributed by atoms with van der Waals surface area (Å²) in [6.07, 6.45) is 3.48.